The SMILES string of the molecule is CNCCC(=O)NCCn1c(=O)[nH]c2ccccc21. The molecule has 0 spiro atoms. The number of fused-ring (bicyclic) bond motifs is 1. The van der Waals surface area contributed by atoms with Crippen molar-refractivity contribution >= 4 is 16.9 Å². The Kier molecular flexibility index (Phi) is 4.35. The molecular weight excluding hydrogens is 244 g/mol. The fraction of sp³-hybridized carbons (Fsp3) is 0.385. The van der Waals surface area contributed by atoms with Crippen LogP contribution in [-0.4, -0.2) is 35.6 Å². The highest BCUT2D eigenvalue weighted by Gasteiger charge is 2.06. The normalized spacial score (nSPS) is 10.8. The zero-order chi connectivity index (χ0) is 13.7. The third-order valence-corrected chi connectivity index (χ3v) is 2.94. The van der Waals surface area contributed by atoms with Crippen molar-refractivity contribution in [2.75, 3.05) is 20.1 Å². The van der Waals surface area contributed by atoms with E-state index in [4.69, 9.17) is 0 Å². The van der Waals surface area contributed by atoms with E-state index in [1.54, 1.807) is 11.6 Å². The lowest BCUT2D eigenvalue weighted by atomic mass is 10.3. The van der Waals surface area contributed by atoms with E-state index >= 15 is 0 Å². The van der Waals surface area contributed by atoms with Crippen molar-refractivity contribution in [3.63, 3.8) is 0 Å². The summed E-state index contributed by atoms with van der Waals surface area (Å²) < 4.78 is 1.63. The first-order valence-electron chi connectivity index (χ1n) is 6.31. The maximum atomic E-state index is 11.8. The number of carbonyl (C=O) groups excluding carboxylic acids is 1. The number of H-pyrrole nitrogens is 1. The molecule has 19 heavy (non-hydrogen) atoms. The number of carbonyl (C=O) groups is 1. The Hall–Kier alpha value is -2.08. The fourth-order valence-electron chi connectivity index (χ4n) is 1.96. The molecule has 1 aromatic carbocycles. The van der Waals surface area contributed by atoms with Crippen molar-refractivity contribution in [3.8, 4) is 0 Å². The highest BCUT2D eigenvalue weighted by Crippen LogP contribution is 2.08. The van der Waals surface area contributed by atoms with E-state index in [9.17, 15) is 9.59 Å². The van der Waals surface area contributed by atoms with Crippen molar-refractivity contribution in [2.24, 2.45) is 0 Å². The number of amides is 1. The molecule has 2 rings (SSSR count). The second kappa shape index (κ2) is 6.19. The molecule has 3 N–H and O–H groups in total. The Morgan fingerprint density at radius 1 is 1.32 bits per heavy atom. The van der Waals surface area contributed by atoms with Gasteiger partial charge in [0.15, 0.2) is 0 Å². The first kappa shape index (κ1) is 13.4. The van der Waals surface area contributed by atoms with Gasteiger partial charge in [-0.3, -0.25) is 9.36 Å². The maximum absolute atomic E-state index is 11.8. The molecule has 0 saturated heterocycles. The number of hydrogen-bond acceptors (Lipinski definition) is 3. The summed E-state index contributed by atoms with van der Waals surface area (Å²) in [6.07, 6.45) is 0.444. The summed E-state index contributed by atoms with van der Waals surface area (Å²) in [6.45, 7) is 1.57. The number of benzene rings is 1. The standard InChI is InChI=1S/C13H18N4O2/c1-14-7-6-12(18)15-8-9-17-11-5-3-2-4-10(11)16-13(17)19/h2-5,14H,6-9H2,1H3,(H,15,18)(H,16,19). The predicted octanol–water partition coefficient (Wildman–Crippen LogP) is 0.0553. The van der Waals surface area contributed by atoms with Crippen LogP contribution < -0.4 is 16.3 Å². The summed E-state index contributed by atoms with van der Waals surface area (Å²) in [5.41, 5.74) is 1.52. The molecule has 102 valence electrons. The summed E-state index contributed by atoms with van der Waals surface area (Å²) in [4.78, 5) is 26.0. The zero-order valence-corrected chi connectivity index (χ0v) is 10.9. The van der Waals surface area contributed by atoms with E-state index < -0.39 is 0 Å². The van der Waals surface area contributed by atoms with Crippen LogP contribution >= 0.6 is 0 Å². The lowest BCUT2D eigenvalue weighted by Gasteiger charge is -2.06. The van der Waals surface area contributed by atoms with Crippen LogP contribution in [0.4, 0.5) is 0 Å². The van der Waals surface area contributed by atoms with Crippen LogP contribution in [0.5, 0.6) is 0 Å². The summed E-state index contributed by atoms with van der Waals surface area (Å²) in [7, 11) is 1.80. The van der Waals surface area contributed by atoms with Gasteiger partial charge in [0.05, 0.1) is 11.0 Å². The minimum absolute atomic E-state index is 0.0118. The van der Waals surface area contributed by atoms with Gasteiger partial charge in [-0.15, -0.1) is 0 Å². The zero-order valence-electron chi connectivity index (χ0n) is 10.9. The number of rotatable bonds is 6. The number of hydrogen-bond donors (Lipinski definition) is 3. The molecule has 1 aromatic heterocycles. The molecule has 6 nitrogen and oxygen atoms in total. The van der Waals surface area contributed by atoms with Gasteiger partial charge in [-0.1, -0.05) is 12.1 Å². The third kappa shape index (κ3) is 3.23. The second-order valence-corrected chi connectivity index (χ2v) is 4.30. The molecule has 6 heteroatoms. The number of imidazole rings is 1. The molecule has 0 radical (unpaired) electrons. The lowest BCUT2D eigenvalue weighted by Crippen LogP contribution is -2.31. The number of nitrogens with one attached hydrogen (secondary N) is 3. The predicted molar refractivity (Wildman–Crippen MR) is 74.1 cm³/mol. The van der Waals surface area contributed by atoms with E-state index in [0.717, 1.165) is 11.0 Å². The summed E-state index contributed by atoms with van der Waals surface area (Å²) in [6, 6.07) is 7.51. The van der Waals surface area contributed by atoms with E-state index in [1.165, 1.54) is 0 Å². The third-order valence-electron chi connectivity index (χ3n) is 2.94. The minimum Gasteiger partial charge on any atom is -0.354 e. The Balaban J connectivity index is 1.97. The van der Waals surface area contributed by atoms with Crippen LogP contribution in [0.15, 0.2) is 29.1 Å². The van der Waals surface area contributed by atoms with Crippen molar-refractivity contribution < 1.29 is 4.79 Å². The van der Waals surface area contributed by atoms with E-state index in [2.05, 4.69) is 15.6 Å². The molecule has 0 saturated carbocycles. The van der Waals surface area contributed by atoms with Crippen LogP contribution in [0.1, 0.15) is 6.42 Å². The molecule has 0 atom stereocenters. The minimum atomic E-state index is -0.148. The highest BCUT2D eigenvalue weighted by molar-refractivity contribution is 5.76. The summed E-state index contributed by atoms with van der Waals surface area (Å²) in [5, 5.41) is 5.71. The van der Waals surface area contributed by atoms with Crippen LogP contribution in [-0.2, 0) is 11.3 Å². The molecule has 0 aliphatic heterocycles. The van der Waals surface area contributed by atoms with E-state index in [-0.39, 0.29) is 11.6 Å². The first-order valence-corrected chi connectivity index (χ1v) is 6.31. The van der Waals surface area contributed by atoms with Gasteiger partial charge in [0.2, 0.25) is 5.91 Å². The smallest absolute Gasteiger partial charge is 0.326 e. The highest BCUT2D eigenvalue weighted by atomic mass is 16.2. The summed E-state index contributed by atoms with van der Waals surface area (Å²) >= 11 is 0. The average Bonchev–Trinajstić information content (AvgIpc) is 2.73. The first-order chi connectivity index (χ1) is 9.22. The summed E-state index contributed by atoms with van der Waals surface area (Å²) in [5.74, 6) is -0.0118. The van der Waals surface area contributed by atoms with E-state index in [0.29, 0.717) is 26.1 Å². The number of nitrogens with zero attached hydrogens (tertiary/aromatic N) is 1. The largest absolute Gasteiger partial charge is 0.354 e. The number of aromatic nitrogens is 2. The van der Waals surface area contributed by atoms with Crippen molar-refractivity contribution in [1.29, 1.82) is 0 Å². The topological polar surface area (TPSA) is 78.9 Å². The van der Waals surface area contributed by atoms with Crippen LogP contribution in [0, 0.1) is 0 Å². The molecule has 1 heterocycles. The van der Waals surface area contributed by atoms with Crippen molar-refractivity contribution in [2.45, 2.75) is 13.0 Å². The number of aromatic amines is 1. The molecule has 2 aromatic rings. The van der Waals surface area contributed by atoms with Crippen molar-refractivity contribution in [1.82, 2.24) is 20.2 Å². The fourth-order valence-corrected chi connectivity index (χ4v) is 1.96. The van der Waals surface area contributed by atoms with Gasteiger partial charge in [0, 0.05) is 26.1 Å². The molecule has 0 aliphatic rings. The molecule has 0 fully saturated rings. The van der Waals surface area contributed by atoms with Gasteiger partial charge in [-0.2, -0.15) is 0 Å². The van der Waals surface area contributed by atoms with Crippen LogP contribution in [0.3, 0.4) is 0 Å². The molecule has 0 bridgehead atoms. The van der Waals surface area contributed by atoms with E-state index in [1.807, 2.05) is 24.3 Å². The monoisotopic (exact) mass is 262 g/mol. The van der Waals surface area contributed by atoms with Crippen LogP contribution in [0.25, 0.3) is 11.0 Å². The Morgan fingerprint density at radius 3 is 2.89 bits per heavy atom. The lowest BCUT2D eigenvalue weighted by molar-refractivity contribution is -0.121. The van der Waals surface area contributed by atoms with Gasteiger partial charge >= 0.3 is 5.69 Å². The van der Waals surface area contributed by atoms with Gasteiger partial charge in [0.25, 0.3) is 0 Å². The van der Waals surface area contributed by atoms with Gasteiger partial charge in [-0.05, 0) is 19.2 Å². The van der Waals surface area contributed by atoms with Crippen molar-refractivity contribution in [3.05, 3.63) is 34.7 Å². The average molecular weight is 262 g/mol. The molecule has 1 amide bonds. The van der Waals surface area contributed by atoms with Gasteiger partial charge in [-0.25, -0.2) is 4.79 Å². The van der Waals surface area contributed by atoms with Gasteiger partial charge in [0.1, 0.15) is 0 Å². The second-order valence-electron chi connectivity index (χ2n) is 4.30. The van der Waals surface area contributed by atoms with Gasteiger partial charge < -0.3 is 15.6 Å². The quantitative estimate of drug-likeness (QED) is 0.688. The maximum Gasteiger partial charge on any atom is 0.326 e. The number of para-hydroxylation sites is 2. The Labute approximate surface area is 110 Å². The Morgan fingerprint density at radius 2 is 2.11 bits per heavy atom. The Bertz CT molecular complexity index is 614. The molecule has 0 aliphatic carbocycles. The molecular formula is C13H18N4O2. The van der Waals surface area contributed by atoms with Crippen LogP contribution in [0.2, 0.25) is 0 Å². The molecule has 0 unspecified atom stereocenters.